The van der Waals surface area contributed by atoms with Gasteiger partial charge in [0.05, 0.1) is 6.61 Å². The lowest BCUT2D eigenvalue weighted by Gasteiger charge is -2.37. The van der Waals surface area contributed by atoms with Crippen molar-refractivity contribution in [3.8, 4) is 0 Å². The summed E-state index contributed by atoms with van der Waals surface area (Å²) in [4.78, 5) is 2.27. The van der Waals surface area contributed by atoms with Crippen LogP contribution in [-0.4, -0.2) is 38.8 Å². The van der Waals surface area contributed by atoms with Gasteiger partial charge in [-0.2, -0.15) is 0 Å². The molecular formula is C23H32F2N2O. The lowest BCUT2D eigenvalue weighted by Crippen LogP contribution is -2.43. The summed E-state index contributed by atoms with van der Waals surface area (Å²) in [5.41, 5.74) is 4.67. The Morgan fingerprint density at radius 2 is 2.11 bits per heavy atom. The summed E-state index contributed by atoms with van der Waals surface area (Å²) in [5, 5.41) is 3.39. The third-order valence-electron chi connectivity index (χ3n) is 5.78. The van der Waals surface area contributed by atoms with Crippen LogP contribution >= 0.6 is 0 Å². The van der Waals surface area contributed by atoms with Gasteiger partial charge in [0.2, 0.25) is 0 Å². The summed E-state index contributed by atoms with van der Waals surface area (Å²) < 4.78 is 34.7. The van der Waals surface area contributed by atoms with E-state index in [2.05, 4.69) is 22.3 Å². The highest BCUT2D eigenvalue weighted by molar-refractivity contribution is 5.69. The van der Waals surface area contributed by atoms with E-state index in [4.69, 9.17) is 4.74 Å². The minimum atomic E-state index is -2.78. The van der Waals surface area contributed by atoms with Gasteiger partial charge >= 0.3 is 0 Å². The van der Waals surface area contributed by atoms with Crippen molar-refractivity contribution in [2.75, 3.05) is 43.1 Å². The highest BCUT2D eigenvalue weighted by Crippen LogP contribution is 2.38. The summed E-state index contributed by atoms with van der Waals surface area (Å²) in [6.07, 6.45) is 8.81. The Labute approximate surface area is 167 Å². The number of anilines is 2. The van der Waals surface area contributed by atoms with Crippen LogP contribution in [0, 0.1) is 5.92 Å². The number of benzene rings is 1. The van der Waals surface area contributed by atoms with Crippen molar-refractivity contribution in [1.82, 2.24) is 0 Å². The molecule has 1 saturated heterocycles. The van der Waals surface area contributed by atoms with E-state index in [1.165, 1.54) is 16.9 Å². The van der Waals surface area contributed by atoms with Gasteiger partial charge in [-0.15, -0.1) is 0 Å². The number of nitrogens with one attached hydrogen (secondary N) is 1. The van der Waals surface area contributed by atoms with E-state index in [9.17, 15) is 8.78 Å². The van der Waals surface area contributed by atoms with Gasteiger partial charge in [-0.1, -0.05) is 31.2 Å². The summed E-state index contributed by atoms with van der Waals surface area (Å²) in [5.74, 6) is -3.39. The fourth-order valence-electron chi connectivity index (χ4n) is 4.08. The number of allylic oxidation sites excluding steroid dienone is 2. The molecule has 0 saturated carbocycles. The number of nitrogens with zero attached hydrogens (tertiary/aromatic N) is 1. The van der Waals surface area contributed by atoms with Crippen LogP contribution < -0.4 is 10.2 Å². The van der Waals surface area contributed by atoms with E-state index in [1.54, 1.807) is 0 Å². The zero-order valence-electron chi connectivity index (χ0n) is 17.0. The summed E-state index contributed by atoms with van der Waals surface area (Å²) >= 11 is 0. The van der Waals surface area contributed by atoms with Crippen LogP contribution in [0.5, 0.6) is 0 Å². The fraction of sp³-hybridized carbons (Fsp3) is 0.565. The highest BCUT2D eigenvalue weighted by atomic mass is 19.3. The van der Waals surface area contributed by atoms with Crippen LogP contribution in [0.1, 0.15) is 38.7 Å². The first kappa shape index (κ1) is 20.8. The van der Waals surface area contributed by atoms with E-state index < -0.39 is 18.4 Å². The number of piperidine rings is 1. The number of fused-ring (bicyclic) bond motifs is 1. The predicted molar refractivity (Wildman–Crippen MR) is 113 cm³/mol. The van der Waals surface area contributed by atoms with Gasteiger partial charge in [-0.25, -0.2) is 8.78 Å². The molecule has 1 N–H and O–H groups in total. The Morgan fingerprint density at radius 3 is 2.82 bits per heavy atom. The molecule has 0 aliphatic carbocycles. The van der Waals surface area contributed by atoms with Crippen molar-refractivity contribution in [2.45, 2.75) is 45.5 Å². The Hall–Kier alpha value is -1.88. The second-order valence-corrected chi connectivity index (χ2v) is 7.67. The van der Waals surface area contributed by atoms with Crippen LogP contribution in [-0.2, 0) is 11.2 Å². The molecular weight excluding hydrogens is 358 g/mol. The van der Waals surface area contributed by atoms with Crippen LogP contribution in [0.2, 0.25) is 0 Å². The molecule has 3 rings (SSSR count). The van der Waals surface area contributed by atoms with Gasteiger partial charge in [0.1, 0.15) is 6.61 Å². The Kier molecular flexibility index (Phi) is 7.11. The fourth-order valence-corrected chi connectivity index (χ4v) is 4.08. The number of hydrogen-bond acceptors (Lipinski definition) is 3. The quantitative estimate of drug-likeness (QED) is 0.599. The molecule has 0 unspecified atom stereocenters. The monoisotopic (exact) mass is 390 g/mol. The number of rotatable bonds is 8. The molecule has 2 aliphatic heterocycles. The molecule has 2 heterocycles. The van der Waals surface area contributed by atoms with Crippen molar-refractivity contribution in [2.24, 2.45) is 5.92 Å². The van der Waals surface area contributed by atoms with Gasteiger partial charge in [0.15, 0.2) is 0 Å². The van der Waals surface area contributed by atoms with Gasteiger partial charge in [0, 0.05) is 42.5 Å². The van der Waals surface area contributed by atoms with Crippen LogP contribution in [0.4, 0.5) is 20.2 Å². The predicted octanol–water partition coefficient (Wildman–Crippen LogP) is 5.44. The third-order valence-corrected chi connectivity index (χ3v) is 5.78. The minimum absolute atomic E-state index is 0.241. The third kappa shape index (κ3) is 4.93. The first-order valence-electron chi connectivity index (χ1n) is 10.4. The van der Waals surface area contributed by atoms with Crippen molar-refractivity contribution in [1.29, 1.82) is 0 Å². The molecule has 0 bridgehead atoms. The Bertz CT molecular complexity index is 707. The maximum atomic E-state index is 14.7. The van der Waals surface area contributed by atoms with Crippen LogP contribution in [0.25, 0.3) is 0 Å². The van der Waals surface area contributed by atoms with E-state index in [1.807, 2.05) is 38.1 Å². The summed E-state index contributed by atoms with van der Waals surface area (Å²) in [6.45, 7) is 6.00. The van der Waals surface area contributed by atoms with Crippen molar-refractivity contribution in [3.05, 3.63) is 47.6 Å². The van der Waals surface area contributed by atoms with Crippen LogP contribution in [0.15, 0.2) is 42.0 Å². The molecule has 2 aliphatic rings. The molecule has 3 nitrogen and oxygen atoms in total. The minimum Gasteiger partial charge on any atom is -0.384 e. The zero-order valence-corrected chi connectivity index (χ0v) is 17.0. The molecule has 28 heavy (non-hydrogen) atoms. The number of alkyl halides is 2. The molecule has 1 aromatic rings. The molecule has 5 heteroatoms. The molecule has 0 radical (unpaired) electrons. The van der Waals surface area contributed by atoms with Gasteiger partial charge in [-0.05, 0) is 50.3 Å². The maximum absolute atomic E-state index is 14.7. The van der Waals surface area contributed by atoms with E-state index in [0.29, 0.717) is 25.9 Å². The van der Waals surface area contributed by atoms with Crippen molar-refractivity contribution < 1.29 is 13.5 Å². The average molecular weight is 391 g/mol. The van der Waals surface area contributed by atoms with Crippen LogP contribution in [0.3, 0.4) is 0 Å². The number of halogens is 2. The van der Waals surface area contributed by atoms with Gasteiger partial charge in [0.25, 0.3) is 5.92 Å². The smallest absolute Gasteiger partial charge is 0.273 e. The molecule has 1 aromatic carbocycles. The highest BCUT2D eigenvalue weighted by Gasteiger charge is 2.41. The molecule has 0 amide bonds. The average Bonchev–Trinajstić information content (AvgIpc) is 3.19. The van der Waals surface area contributed by atoms with E-state index >= 15 is 0 Å². The first-order valence-corrected chi connectivity index (χ1v) is 10.4. The molecule has 1 fully saturated rings. The first-order chi connectivity index (χ1) is 13.5. The lowest BCUT2D eigenvalue weighted by molar-refractivity contribution is -0.119. The second kappa shape index (κ2) is 9.55. The van der Waals surface area contributed by atoms with E-state index in [-0.39, 0.29) is 6.61 Å². The standard InChI is InChI=1S/C23H32F2N2O/c1-3-5-7-18(4-2)16-28-17-23(24,25)19-11-14-27(15-12-19)22-9-6-8-21-20(22)10-13-26-21/h4-9,19,26H,3,10-17H2,1-2H3/b7-5-,18-4+. The largest absolute Gasteiger partial charge is 0.384 e. The second-order valence-electron chi connectivity index (χ2n) is 7.67. The van der Waals surface area contributed by atoms with E-state index in [0.717, 1.165) is 25.0 Å². The number of ether oxygens (including phenoxy) is 1. The Morgan fingerprint density at radius 1 is 1.32 bits per heavy atom. The molecule has 0 spiro atoms. The molecule has 0 aromatic heterocycles. The van der Waals surface area contributed by atoms with Crippen molar-refractivity contribution >= 4 is 11.4 Å². The Balaban J connectivity index is 1.51. The SMILES string of the molecule is C/C=C(\C=C/CC)COCC(F)(F)C1CCN(c2cccc3c2CCN3)CC1. The van der Waals surface area contributed by atoms with Crippen molar-refractivity contribution in [3.63, 3.8) is 0 Å². The molecule has 154 valence electrons. The lowest BCUT2D eigenvalue weighted by atomic mass is 9.90. The number of hydrogen-bond donors (Lipinski definition) is 1. The molecule has 0 atom stereocenters. The maximum Gasteiger partial charge on any atom is 0.273 e. The summed E-state index contributed by atoms with van der Waals surface area (Å²) in [7, 11) is 0. The van der Waals surface area contributed by atoms with Gasteiger partial charge in [-0.3, -0.25) is 0 Å². The topological polar surface area (TPSA) is 24.5 Å². The normalized spacial score (nSPS) is 18.6. The summed E-state index contributed by atoms with van der Waals surface area (Å²) in [6, 6.07) is 6.27. The zero-order chi connectivity index (χ0) is 20.0. The van der Waals surface area contributed by atoms with Gasteiger partial charge < -0.3 is 15.0 Å².